The quantitative estimate of drug-likeness (QED) is 0.457. The first kappa shape index (κ1) is 37.1. The molecule has 0 unspecified atom stereocenters. The fraction of sp³-hybridized carbons (Fsp3) is 0.500. The molecule has 0 aliphatic rings. The zero-order valence-corrected chi connectivity index (χ0v) is 9.62. The van der Waals surface area contributed by atoms with Gasteiger partial charge in [-0.1, -0.05) is 0 Å². The van der Waals surface area contributed by atoms with Crippen LogP contribution in [0.5, 0.6) is 0 Å². The molecule has 0 bridgehead atoms. The van der Waals surface area contributed by atoms with Crippen molar-refractivity contribution >= 4 is 17.9 Å². The van der Waals surface area contributed by atoms with Crippen molar-refractivity contribution in [2.45, 2.75) is 20.8 Å². The summed E-state index contributed by atoms with van der Waals surface area (Å²) in [4.78, 5) is 27.0. The van der Waals surface area contributed by atoms with Crippen molar-refractivity contribution in [3.05, 3.63) is 0 Å². The van der Waals surface area contributed by atoms with Gasteiger partial charge >= 0.3 is 0 Å². The molecule has 8 nitrogen and oxygen atoms in total. The summed E-state index contributed by atoms with van der Waals surface area (Å²) in [5.41, 5.74) is 0. The molecule has 15 heavy (non-hydrogen) atoms. The molecule has 0 aliphatic carbocycles. The average molecular weight is 271 g/mol. The first-order valence-electron chi connectivity index (χ1n) is 2.78. The van der Waals surface area contributed by atoms with E-state index < -0.39 is 17.9 Å². The molecule has 1 radical (unpaired) electrons. The normalized spacial score (nSPS) is 5.00. The SMILES string of the molecule is CC(=O)O.CC(=O)O.CC(=O)O.O.O.[Mn]. The molecule has 0 rings (SSSR count). The van der Waals surface area contributed by atoms with Crippen LogP contribution in [0.15, 0.2) is 0 Å². The summed E-state index contributed by atoms with van der Waals surface area (Å²) >= 11 is 0. The van der Waals surface area contributed by atoms with Gasteiger partial charge in [-0.05, 0) is 0 Å². The minimum atomic E-state index is -0.833. The second kappa shape index (κ2) is 29.3. The van der Waals surface area contributed by atoms with Crippen molar-refractivity contribution in [1.82, 2.24) is 0 Å². The van der Waals surface area contributed by atoms with Gasteiger partial charge in [0, 0.05) is 37.8 Å². The summed E-state index contributed by atoms with van der Waals surface area (Å²) in [5, 5.41) is 22.2. The Morgan fingerprint density at radius 3 is 0.667 bits per heavy atom. The fourth-order valence-electron chi connectivity index (χ4n) is 0. The smallest absolute Gasteiger partial charge is 0.300 e. The van der Waals surface area contributed by atoms with E-state index in [-0.39, 0.29) is 28.0 Å². The third-order valence-corrected chi connectivity index (χ3v) is 0. The summed E-state index contributed by atoms with van der Waals surface area (Å²) in [6.45, 7) is 3.25. The molecule has 0 aromatic heterocycles. The van der Waals surface area contributed by atoms with Crippen LogP contribution in [-0.4, -0.2) is 44.2 Å². The number of carboxylic acid groups (broad SMARTS) is 3. The molecule has 0 amide bonds. The second-order valence-corrected chi connectivity index (χ2v) is 1.56. The molecule has 9 heteroatoms. The maximum Gasteiger partial charge on any atom is 0.300 e. The van der Waals surface area contributed by atoms with Crippen molar-refractivity contribution in [3.8, 4) is 0 Å². The Morgan fingerprint density at radius 1 is 0.667 bits per heavy atom. The van der Waals surface area contributed by atoms with Gasteiger partial charge in [0.15, 0.2) is 0 Å². The molecule has 0 spiro atoms. The first-order chi connectivity index (χ1) is 5.20. The predicted octanol–water partition coefficient (Wildman–Crippen LogP) is -1.38. The average Bonchev–Trinajstić information content (AvgIpc) is 1.54. The molecule has 7 N–H and O–H groups in total. The van der Waals surface area contributed by atoms with Gasteiger partial charge in [-0.25, -0.2) is 0 Å². The minimum absolute atomic E-state index is 0. The number of aliphatic carboxylic acids is 3. The van der Waals surface area contributed by atoms with Crippen LogP contribution in [0.2, 0.25) is 0 Å². The van der Waals surface area contributed by atoms with Crippen molar-refractivity contribution in [1.29, 1.82) is 0 Å². The molecule has 95 valence electrons. The zero-order valence-electron chi connectivity index (χ0n) is 8.44. The molecule has 0 aliphatic heterocycles. The Kier molecular flexibility index (Phi) is 72.4. The summed E-state index contributed by atoms with van der Waals surface area (Å²) in [6.07, 6.45) is 0. The van der Waals surface area contributed by atoms with Crippen LogP contribution in [0.4, 0.5) is 0 Å². The first-order valence-corrected chi connectivity index (χ1v) is 2.78. The Hall–Kier alpha value is -1.15. The number of hydrogen-bond donors (Lipinski definition) is 3. The number of hydrogen-bond acceptors (Lipinski definition) is 3. The van der Waals surface area contributed by atoms with E-state index in [4.69, 9.17) is 29.7 Å². The molecule has 0 atom stereocenters. The molecule has 0 aromatic rings. The largest absolute Gasteiger partial charge is 0.481 e. The van der Waals surface area contributed by atoms with Gasteiger partial charge in [0.1, 0.15) is 0 Å². The van der Waals surface area contributed by atoms with Crippen molar-refractivity contribution < 1.29 is 57.7 Å². The molecule has 0 fully saturated rings. The minimum Gasteiger partial charge on any atom is -0.481 e. The van der Waals surface area contributed by atoms with Gasteiger partial charge in [0.05, 0.1) is 0 Å². The maximum absolute atomic E-state index is 9.00. The molecule has 0 saturated heterocycles. The molecule has 0 heterocycles. The Morgan fingerprint density at radius 2 is 0.667 bits per heavy atom. The van der Waals surface area contributed by atoms with Crippen molar-refractivity contribution in [2.24, 2.45) is 0 Å². The van der Waals surface area contributed by atoms with Gasteiger partial charge in [-0.3, -0.25) is 14.4 Å². The topological polar surface area (TPSA) is 175 Å². The number of rotatable bonds is 0. The Bertz CT molecular complexity index is 117. The number of carbonyl (C=O) groups is 3. The van der Waals surface area contributed by atoms with E-state index in [0.29, 0.717) is 0 Å². The Balaban J connectivity index is -0.0000000184. The molecule has 0 saturated carbocycles. The van der Waals surface area contributed by atoms with E-state index in [1.807, 2.05) is 0 Å². The summed E-state index contributed by atoms with van der Waals surface area (Å²) in [5.74, 6) is -2.50. The van der Waals surface area contributed by atoms with Crippen LogP contribution >= 0.6 is 0 Å². The van der Waals surface area contributed by atoms with Crippen LogP contribution in [0.3, 0.4) is 0 Å². The van der Waals surface area contributed by atoms with E-state index >= 15 is 0 Å². The van der Waals surface area contributed by atoms with Gasteiger partial charge in [-0.15, -0.1) is 0 Å². The van der Waals surface area contributed by atoms with Crippen LogP contribution in [0.25, 0.3) is 0 Å². The molecular weight excluding hydrogens is 255 g/mol. The zero-order chi connectivity index (χ0) is 10.7. The summed E-state index contributed by atoms with van der Waals surface area (Å²) < 4.78 is 0. The predicted molar refractivity (Wildman–Crippen MR) is 47.2 cm³/mol. The van der Waals surface area contributed by atoms with Crippen molar-refractivity contribution in [3.63, 3.8) is 0 Å². The van der Waals surface area contributed by atoms with Gasteiger partial charge < -0.3 is 26.3 Å². The third kappa shape index (κ3) is 1140. The Labute approximate surface area is 97.0 Å². The molecule has 0 aromatic carbocycles. The van der Waals surface area contributed by atoms with Crippen LogP contribution in [0, 0.1) is 0 Å². The molecular formula is C6H16MnO8. The van der Waals surface area contributed by atoms with E-state index in [9.17, 15) is 0 Å². The van der Waals surface area contributed by atoms with Gasteiger partial charge in [0.2, 0.25) is 0 Å². The van der Waals surface area contributed by atoms with Gasteiger partial charge in [0.25, 0.3) is 17.9 Å². The monoisotopic (exact) mass is 271 g/mol. The number of carboxylic acids is 3. The third-order valence-electron chi connectivity index (χ3n) is 0. The van der Waals surface area contributed by atoms with E-state index in [0.717, 1.165) is 20.8 Å². The van der Waals surface area contributed by atoms with E-state index in [1.165, 1.54) is 0 Å². The van der Waals surface area contributed by atoms with E-state index in [1.54, 1.807) is 0 Å². The second-order valence-electron chi connectivity index (χ2n) is 1.56. The van der Waals surface area contributed by atoms with Crippen LogP contribution in [-0.2, 0) is 31.5 Å². The van der Waals surface area contributed by atoms with Crippen LogP contribution < -0.4 is 0 Å². The van der Waals surface area contributed by atoms with E-state index in [2.05, 4.69) is 0 Å². The maximum atomic E-state index is 9.00. The van der Waals surface area contributed by atoms with Crippen LogP contribution in [0.1, 0.15) is 20.8 Å². The standard InChI is InChI=1S/3C2H4O2.Mn.2H2O/c3*1-2(3)4;;;/h3*1H3,(H,3,4);;2*1H2. The van der Waals surface area contributed by atoms with Crippen molar-refractivity contribution in [2.75, 3.05) is 0 Å². The van der Waals surface area contributed by atoms with Gasteiger partial charge in [-0.2, -0.15) is 0 Å². The summed E-state index contributed by atoms with van der Waals surface area (Å²) in [7, 11) is 0. The summed E-state index contributed by atoms with van der Waals surface area (Å²) in [6, 6.07) is 0. The fourth-order valence-corrected chi connectivity index (χ4v) is 0.